The van der Waals surface area contributed by atoms with E-state index in [2.05, 4.69) is 0 Å². The Kier molecular flexibility index (Phi) is 7.96. The summed E-state index contributed by atoms with van der Waals surface area (Å²) in [5, 5.41) is 0. The van der Waals surface area contributed by atoms with Crippen LogP contribution in [0.4, 0.5) is 17.6 Å². The summed E-state index contributed by atoms with van der Waals surface area (Å²) in [6.07, 6.45) is 1.04. The molecule has 0 fully saturated rings. The molecule has 0 N–H and O–H groups in total. The number of rotatable bonds is 4. The largest absolute Gasteiger partial charge is 0.207 e. The minimum atomic E-state index is -0.441. The topological polar surface area (TPSA) is 0 Å². The van der Waals surface area contributed by atoms with E-state index in [1.54, 1.807) is 0 Å². The molecule has 0 aliphatic carbocycles. The third-order valence-electron chi connectivity index (χ3n) is 3.31. The van der Waals surface area contributed by atoms with Gasteiger partial charge >= 0.3 is 0 Å². The molecule has 0 bridgehead atoms. The van der Waals surface area contributed by atoms with Gasteiger partial charge in [0.05, 0.1) is 0 Å². The zero-order valence-electron chi connectivity index (χ0n) is 14.5. The van der Waals surface area contributed by atoms with Crippen LogP contribution in [-0.2, 0) is 12.8 Å². The molecular weight excluding hydrogens is 316 g/mol. The van der Waals surface area contributed by atoms with Crippen molar-refractivity contribution in [1.82, 2.24) is 0 Å². The van der Waals surface area contributed by atoms with Crippen LogP contribution in [0.15, 0.2) is 36.4 Å². The van der Waals surface area contributed by atoms with E-state index in [9.17, 15) is 17.6 Å². The molecule has 0 saturated carbocycles. The van der Waals surface area contributed by atoms with Crippen LogP contribution in [-0.4, -0.2) is 0 Å². The molecule has 4 heteroatoms. The summed E-state index contributed by atoms with van der Waals surface area (Å²) in [7, 11) is 0. The fourth-order valence-corrected chi connectivity index (χ4v) is 2.28. The molecular formula is C20H24F4. The van der Waals surface area contributed by atoms with Gasteiger partial charge in [-0.2, -0.15) is 0 Å². The first-order valence-corrected chi connectivity index (χ1v) is 8.07. The van der Waals surface area contributed by atoms with Crippen LogP contribution < -0.4 is 0 Å². The minimum absolute atomic E-state index is 0.201. The lowest BCUT2D eigenvalue weighted by Gasteiger charge is -2.06. The van der Waals surface area contributed by atoms with Gasteiger partial charge in [0.1, 0.15) is 23.3 Å². The summed E-state index contributed by atoms with van der Waals surface area (Å²) in [5.41, 5.74) is 0.664. The summed E-state index contributed by atoms with van der Waals surface area (Å²) >= 11 is 0. The Bertz CT molecular complexity index is 628. The third-order valence-corrected chi connectivity index (χ3v) is 3.31. The van der Waals surface area contributed by atoms with E-state index in [0.29, 0.717) is 24.3 Å². The van der Waals surface area contributed by atoms with Crippen molar-refractivity contribution in [2.45, 2.75) is 40.5 Å². The van der Waals surface area contributed by atoms with Crippen LogP contribution in [0.25, 0.3) is 0 Å². The molecule has 2 aromatic carbocycles. The Labute approximate surface area is 141 Å². The van der Waals surface area contributed by atoms with Crippen molar-refractivity contribution in [1.29, 1.82) is 0 Å². The third kappa shape index (κ3) is 6.73. The Morgan fingerprint density at radius 1 is 0.708 bits per heavy atom. The average Bonchev–Trinajstić information content (AvgIpc) is 2.47. The van der Waals surface area contributed by atoms with E-state index >= 15 is 0 Å². The van der Waals surface area contributed by atoms with E-state index in [0.717, 1.165) is 6.07 Å². The summed E-state index contributed by atoms with van der Waals surface area (Å²) in [6, 6.07) is 7.54. The van der Waals surface area contributed by atoms with Crippen LogP contribution in [0.3, 0.4) is 0 Å². The van der Waals surface area contributed by atoms with Gasteiger partial charge in [0, 0.05) is 5.56 Å². The number of benzene rings is 2. The Morgan fingerprint density at radius 3 is 1.75 bits per heavy atom. The molecule has 132 valence electrons. The monoisotopic (exact) mass is 340 g/mol. The zero-order valence-corrected chi connectivity index (χ0v) is 14.5. The van der Waals surface area contributed by atoms with Gasteiger partial charge in [0.25, 0.3) is 0 Å². The highest BCUT2D eigenvalue weighted by Gasteiger charge is 2.09. The fourth-order valence-electron chi connectivity index (χ4n) is 2.28. The minimum Gasteiger partial charge on any atom is -0.207 e. The first kappa shape index (κ1) is 20.2. The van der Waals surface area contributed by atoms with Gasteiger partial charge in [-0.15, -0.1) is 0 Å². The standard InChI is InChI=1S/2C10H12F2/c1-7(2)5-8-6-9(11)3-4-10(8)12;1-7(2)6-8-9(11)4-3-5-10(8)12/h3-4,6-7H,5H2,1-2H3;3-5,7H,6H2,1-2H3. The summed E-state index contributed by atoms with van der Waals surface area (Å²) in [4.78, 5) is 0. The Morgan fingerprint density at radius 2 is 1.25 bits per heavy atom. The highest BCUT2D eigenvalue weighted by atomic mass is 19.1. The maximum atomic E-state index is 13.0. The molecule has 0 spiro atoms. The van der Waals surface area contributed by atoms with Gasteiger partial charge in [-0.05, 0) is 60.6 Å². The van der Waals surface area contributed by atoms with Gasteiger partial charge in [-0.1, -0.05) is 33.8 Å². The van der Waals surface area contributed by atoms with Crippen molar-refractivity contribution >= 4 is 0 Å². The van der Waals surface area contributed by atoms with E-state index in [1.165, 1.54) is 30.3 Å². The molecule has 0 amide bonds. The normalized spacial score (nSPS) is 10.8. The highest BCUT2D eigenvalue weighted by molar-refractivity contribution is 5.20. The molecule has 0 nitrogen and oxygen atoms in total. The van der Waals surface area contributed by atoms with Gasteiger partial charge in [0.15, 0.2) is 0 Å². The van der Waals surface area contributed by atoms with E-state index < -0.39 is 11.6 Å². The van der Waals surface area contributed by atoms with Crippen molar-refractivity contribution in [3.63, 3.8) is 0 Å². The van der Waals surface area contributed by atoms with Crippen LogP contribution in [0, 0.1) is 35.1 Å². The lowest BCUT2D eigenvalue weighted by atomic mass is 10.0. The molecule has 0 aliphatic heterocycles. The predicted octanol–water partition coefficient (Wildman–Crippen LogP) is 6.33. The first-order chi connectivity index (χ1) is 11.2. The number of halogens is 4. The lowest BCUT2D eigenvalue weighted by Crippen LogP contribution is -2.00. The SMILES string of the molecule is CC(C)Cc1c(F)cccc1F.CC(C)Cc1cc(F)ccc1F. The quantitative estimate of drug-likeness (QED) is 0.571. The van der Waals surface area contributed by atoms with Crippen LogP contribution in [0.2, 0.25) is 0 Å². The summed E-state index contributed by atoms with van der Waals surface area (Å²) in [5.74, 6) is -0.942. The molecule has 0 aliphatic rings. The van der Waals surface area contributed by atoms with Crippen molar-refractivity contribution in [3.05, 3.63) is 70.8 Å². The van der Waals surface area contributed by atoms with Crippen molar-refractivity contribution in [2.75, 3.05) is 0 Å². The molecule has 24 heavy (non-hydrogen) atoms. The second-order valence-electron chi connectivity index (χ2n) is 6.63. The molecule has 2 aromatic rings. The molecule has 0 unspecified atom stereocenters. The molecule has 2 rings (SSSR count). The van der Waals surface area contributed by atoms with Gasteiger partial charge in [-0.3, -0.25) is 0 Å². The zero-order chi connectivity index (χ0) is 18.3. The second kappa shape index (κ2) is 9.45. The molecule has 0 saturated heterocycles. The smallest absolute Gasteiger partial charge is 0.129 e. The summed E-state index contributed by atoms with van der Waals surface area (Å²) in [6.45, 7) is 7.83. The van der Waals surface area contributed by atoms with E-state index in [4.69, 9.17) is 0 Å². The maximum Gasteiger partial charge on any atom is 0.129 e. The highest BCUT2D eigenvalue weighted by Crippen LogP contribution is 2.16. The molecule has 0 heterocycles. The summed E-state index contributed by atoms with van der Waals surface area (Å²) < 4.78 is 51.5. The Balaban J connectivity index is 0.000000240. The number of hydrogen-bond donors (Lipinski definition) is 0. The molecule has 0 radical (unpaired) electrons. The van der Waals surface area contributed by atoms with Gasteiger partial charge in [0.2, 0.25) is 0 Å². The Hall–Kier alpha value is -1.84. The van der Waals surface area contributed by atoms with Crippen molar-refractivity contribution < 1.29 is 17.6 Å². The van der Waals surface area contributed by atoms with Crippen molar-refractivity contribution in [3.8, 4) is 0 Å². The molecule has 0 atom stereocenters. The van der Waals surface area contributed by atoms with E-state index in [1.807, 2.05) is 27.7 Å². The second-order valence-corrected chi connectivity index (χ2v) is 6.63. The van der Waals surface area contributed by atoms with Crippen molar-refractivity contribution in [2.24, 2.45) is 11.8 Å². The first-order valence-electron chi connectivity index (χ1n) is 8.07. The average molecular weight is 340 g/mol. The van der Waals surface area contributed by atoms with Gasteiger partial charge < -0.3 is 0 Å². The fraction of sp³-hybridized carbons (Fsp3) is 0.400. The number of hydrogen-bond acceptors (Lipinski definition) is 0. The van der Waals surface area contributed by atoms with Crippen LogP contribution in [0.5, 0.6) is 0 Å². The predicted molar refractivity (Wildman–Crippen MR) is 89.8 cm³/mol. The molecule has 0 aromatic heterocycles. The lowest BCUT2D eigenvalue weighted by molar-refractivity contribution is 0.525. The van der Waals surface area contributed by atoms with Crippen LogP contribution in [0.1, 0.15) is 38.8 Å². The van der Waals surface area contributed by atoms with Gasteiger partial charge in [-0.25, -0.2) is 17.6 Å². The maximum absolute atomic E-state index is 13.0. The van der Waals surface area contributed by atoms with E-state index in [-0.39, 0.29) is 23.1 Å². The van der Waals surface area contributed by atoms with Crippen LogP contribution >= 0.6 is 0 Å².